The van der Waals surface area contributed by atoms with Gasteiger partial charge in [0.2, 0.25) is 0 Å². The van der Waals surface area contributed by atoms with E-state index in [0.717, 1.165) is 31.7 Å². The molecule has 0 radical (unpaired) electrons. The van der Waals surface area contributed by atoms with Crippen LogP contribution in [0.4, 0.5) is 5.69 Å². The topological polar surface area (TPSA) is 89.7 Å². The van der Waals surface area contributed by atoms with Gasteiger partial charge in [-0.1, -0.05) is 26.2 Å². The fourth-order valence-corrected chi connectivity index (χ4v) is 1.63. The highest BCUT2D eigenvalue weighted by Gasteiger charge is 2.18. The summed E-state index contributed by atoms with van der Waals surface area (Å²) in [6.45, 7) is 2.49. The van der Waals surface area contributed by atoms with Crippen LogP contribution in [0.2, 0.25) is 0 Å². The molecule has 104 valence electrons. The first-order chi connectivity index (χ1) is 9.06. The van der Waals surface area contributed by atoms with Gasteiger partial charge in [-0.3, -0.25) is 10.1 Å². The zero-order valence-corrected chi connectivity index (χ0v) is 10.8. The van der Waals surface area contributed by atoms with E-state index < -0.39 is 10.9 Å². The summed E-state index contributed by atoms with van der Waals surface area (Å²) in [6, 6.07) is 3.65. The fourth-order valence-electron chi connectivity index (χ4n) is 1.63. The van der Waals surface area contributed by atoms with Crippen molar-refractivity contribution < 1.29 is 19.6 Å². The molecule has 1 N–H and O–H groups in total. The highest BCUT2D eigenvalue weighted by molar-refractivity contribution is 5.88. The zero-order chi connectivity index (χ0) is 14.3. The standard InChI is InChI=1S/C13H17NO5/c1-2-3-4-5-8-19-12-7-6-10(13(15)16)9-11(12)14(17)18/h6-7,9H,2-5,8H2,1H3,(H,15,16). The van der Waals surface area contributed by atoms with Crippen LogP contribution in [-0.4, -0.2) is 22.6 Å². The molecule has 0 aromatic heterocycles. The first-order valence-corrected chi connectivity index (χ1v) is 6.20. The van der Waals surface area contributed by atoms with Crippen molar-refractivity contribution in [3.8, 4) is 5.75 Å². The molecule has 0 spiro atoms. The van der Waals surface area contributed by atoms with E-state index in [4.69, 9.17) is 9.84 Å². The van der Waals surface area contributed by atoms with Gasteiger partial charge < -0.3 is 9.84 Å². The normalized spacial score (nSPS) is 10.2. The second-order valence-corrected chi connectivity index (χ2v) is 4.15. The minimum Gasteiger partial charge on any atom is -0.487 e. The van der Waals surface area contributed by atoms with Crippen molar-refractivity contribution in [2.24, 2.45) is 0 Å². The van der Waals surface area contributed by atoms with Crippen LogP contribution in [0.25, 0.3) is 0 Å². The van der Waals surface area contributed by atoms with E-state index in [1.165, 1.54) is 12.1 Å². The molecule has 1 aromatic rings. The number of unbranched alkanes of at least 4 members (excludes halogenated alkanes) is 3. The summed E-state index contributed by atoms with van der Waals surface area (Å²) in [5, 5.41) is 19.7. The van der Waals surface area contributed by atoms with E-state index in [1.54, 1.807) is 0 Å². The van der Waals surface area contributed by atoms with Crippen LogP contribution in [0.5, 0.6) is 5.75 Å². The third-order valence-corrected chi connectivity index (χ3v) is 2.66. The summed E-state index contributed by atoms with van der Waals surface area (Å²) in [4.78, 5) is 21.0. The molecule has 0 heterocycles. The van der Waals surface area contributed by atoms with Gasteiger partial charge in [-0.15, -0.1) is 0 Å². The van der Waals surface area contributed by atoms with Gasteiger partial charge in [-0.2, -0.15) is 0 Å². The Bertz CT molecular complexity index is 458. The number of rotatable bonds is 8. The maximum atomic E-state index is 10.9. The highest BCUT2D eigenvalue weighted by atomic mass is 16.6. The lowest BCUT2D eigenvalue weighted by Crippen LogP contribution is -2.03. The molecule has 0 unspecified atom stereocenters. The van der Waals surface area contributed by atoms with Gasteiger partial charge in [0, 0.05) is 6.07 Å². The molecule has 0 fully saturated rings. The first-order valence-electron chi connectivity index (χ1n) is 6.20. The molecule has 0 saturated heterocycles. The smallest absolute Gasteiger partial charge is 0.335 e. The van der Waals surface area contributed by atoms with Crippen LogP contribution in [-0.2, 0) is 0 Å². The molecule has 0 atom stereocenters. The lowest BCUT2D eigenvalue weighted by Gasteiger charge is -2.07. The molecule has 0 bridgehead atoms. The van der Waals surface area contributed by atoms with E-state index in [9.17, 15) is 14.9 Å². The number of nitro groups is 1. The van der Waals surface area contributed by atoms with Gasteiger partial charge in [0.15, 0.2) is 5.75 Å². The van der Waals surface area contributed by atoms with Gasteiger partial charge in [-0.05, 0) is 18.6 Å². The van der Waals surface area contributed by atoms with E-state index in [2.05, 4.69) is 6.92 Å². The first kappa shape index (κ1) is 14.9. The van der Waals surface area contributed by atoms with Crippen LogP contribution < -0.4 is 4.74 Å². The Balaban J connectivity index is 2.71. The summed E-state index contributed by atoms with van der Waals surface area (Å²) < 4.78 is 5.35. The molecule has 6 nitrogen and oxygen atoms in total. The number of hydrogen-bond acceptors (Lipinski definition) is 4. The van der Waals surface area contributed by atoms with Crippen LogP contribution in [0.1, 0.15) is 43.0 Å². The van der Waals surface area contributed by atoms with Crippen molar-refractivity contribution in [3.63, 3.8) is 0 Å². The molecular formula is C13H17NO5. The Morgan fingerprint density at radius 3 is 2.68 bits per heavy atom. The second kappa shape index (κ2) is 7.35. The van der Waals surface area contributed by atoms with Crippen LogP contribution in [0, 0.1) is 10.1 Å². The monoisotopic (exact) mass is 267 g/mol. The molecule has 0 aliphatic heterocycles. The van der Waals surface area contributed by atoms with Crippen molar-refractivity contribution in [2.45, 2.75) is 32.6 Å². The van der Waals surface area contributed by atoms with Gasteiger partial charge in [-0.25, -0.2) is 4.79 Å². The van der Waals surface area contributed by atoms with E-state index in [-0.39, 0.29) is 17.0 Å². The maximum absolute atomic E-state index is 10.9. The van der Waals surface area contributed by atoms with Gasteiger partial charge in [0.25, 0.3) is 0 Å². The molecule has 6 heteroatoms. The van der Waals surface area contributed by atoms with Crippen molar-refractivity contribution in [2.75, 3.05) is 6.61 Å². The average molecular weight is 267 g/mol. The average Bonchev–Trinajstić information content (AvgIpc) is 2.38. The molecule has 0 saturated carbocycles. The van der Waals surface area contributed by atoms with E-state index >= 15 is 0 Å². The van der Waals surface area contributed by atoms with Crippen LogP contribution in [0.15, 0.2) is 18.2 Å². The summed E-state index contributed by atoms with van der Waals surface area (Å²) in [7, 11) is 0. The molecule has 1 rings (SSSR count). The molecule has 1 aromatic carbocycles. The lowest BCUT2D eigenvalue weighted by atomic mass is 10.2. The Kier molecular flexibility index (Phi) is 5.78. The second-order valence-electron chi connectivity index (χ2n) is 4.15. The third kappa shape index (κ3) is 4.57. The zero-order valence-electron chi connectivity index (χ0n) is 10.8. The number of ether oxygens (including phenoxy) is 1. The van der Waals surface area contributed by atoms with Crippen molar-refractivity contribution >= 4 is 11.7 Å². The number of nitro benzene ring substituents is 1. The lowest BCUT2D eigenvalue weighted by molar-refractivity contribution is -0.385. The number of carbonyl (C=O) groups is 1. The van der Waals surface area contributed by atoms with Gasteiger partial charge in [0.1, 0.15) is 0 Å². The minimum atomic E-state index is -1.20. The molecule has 0 aliphatic carbocycles. The molecule has 19 heavy (non-hydrogen) atoms. The van der Waals surface area contributed by atoms with E-state index in [1.807, 2.05) is 0 Å². The number of carboxylic acids is 1. The summed E-state index contributed by atoms with van der Waals surface area (Å²) >= 11 is 0. The Morgan fingerprint density at radius 1 is 1.37 bits per heavy atom. The Hall–Kier alpha value is -2.11. The summed E-state index contributed by atoms with van der Waals surface area (Å²) in [6.07, 6.45) is 4.04. The SMILES string of the molecule is CCCCCCOc1ccc(C(=O)O)cc1[N+](=O)[O-]. The quantitative estimate of drug-likeness (QED) is 0.443. The predicted molar refractivity (Wildman–Crippen MR) is 69.7 cm³/mol. The molecule has 0 aliphatic rings. The molecule has 0 amide bonds. The van der Waals surface area contributed by atoms with Crippen LogP contribution in [0.3, 0.4) is 0 Å². The van der Waals surface area contributed by atoms with Crippen molar-refractivity contribution in [1.82, 2.24) is 0 Å². The van der Waals surface area contributed by atoms with Gasteiger partial charge in [0.05, 0.1) is 17.1 Å². The minimum absolute atomic E-state index is 0.117. The maximum Gasteiger partial charge on any atom is 0.335 e. The third-order valence-electron chi connectivity index (χ3n) is 2.66. The largest absolute Gasteiger partial charge is 0.487 e. The fraction of sp³-hybridized carbons (Fsp3) is 0.462. The summed E-state index contributed by atoms with van der Waals surface area (Å²) in [5.74, 6) is -1.08. The van der Waals surface area contributed by atoms with Gasteiger partial charge >= 0.3 is 11.7 Å². The van der Waals surface area contributed by atoms with Crippen LogP contribution >= 0.6 is 0 Å². The Labute approximate surface area is 111 Å². The highest BCUT2D eigenvalue weighted by Crippen LogP contribution is 2.28. The summed E-state index contributed by atoms with van der Waals surface area (Å²) in [5.41, 5.74) is -0.430. The van der Waals surface area contributed by atoms with Crippen molar-refractivity contribution in [3.05, 3.63) is 33.9 Å². The number of hydrogen-bond donors (Lipinski definition) is 1. The number of benzene rings is 1. The molecular weight excluding hydrogens is 250 g/mol. The predicted octanol–water partition coefficient (Wildman–Crippen LogP) is 3.25. The number of carboxylic acid groups (broad SMARTS) is 1. The van der Waals surface area contributed by atoms with E-state index in [0.29, 0.717) is 6.61 Å². The number of nitrogens with zero attached hydrogens (tertiary/aromatic N) is 1. The number of aromatic carboxylic acids is 1. The van der Waals surface area contributed by atoms with Crippen molar-refractivity contribution in [1.29, 1.82) is 0 Å². The Morgan fingerprint density at radius 2 is 2.11 bits per heavy atom.